The molecule has 1 heterocycles. The summed E-state index contributed by atoms with van der Waals surface area (Å²) in [7, 11) is 1.56. The molecule has 2 aromatic rings. The molecule has 2 fully saturated rings. The van der Waals surface area contributed by atoms with Gasteiger partial charge in [0, 0.05) is 44.3 Å². The van der Waals surface area contributed by atoms with E-state index in [2.05, 4.69) is 15.1 Å². The average molecular weight is 586 g/mol. The van der Waals surface area contributed by atoms with Crippen molar-refractivity contribution < 1.29 is 35.9 Å². The van der Waals surface area contributed by atoms with E-state index >= 15 is 0 Å². The molecule has 0 bridgehead atoms. The Kier molecular flexibility index (Phi) is 10.2. The molecule has 2 aliphatic rings. The van der Waals surface area contributed by atoms with E-state index in [9.17, 15) is 31.1 Å². The molecule has 2 aromatic carbocycles. The molecule has 1 aliphatic heterocycles. The summed E-state index contributed by atoms with van der Waals surface area (Å²) < 4.78 is 85.2. The molecular weight excluding hydrogens is 548 g/mol. The molecule has 0 radical (unpaired) electrons. The van der Waals surface area contributed by atoms with Gasteiger partial charge in [0.05, 0.1) is 30.7 Å². The number of para-hydroxylation sites is 1. The minimum atomic E-state index is -4.97. The highest BCUT2D eigenvalue weighted by atomic mass is 19.4. The number of halogens is 6. The van der Waals surface area contributed by atoms with Gasteiger partial charge in [0.2, 0.25) is 5.91 Å². The van der Waals surface area contributed by atoms with Gasteiger partial charge in [0.1, 0.15) is 5.75 Å². The first-order chi connectivity index (χ1) is 19.5. The zero-order valence-corrected chi connectivity index (χ0v) is 23.2. The number of nitrogens with one attached hydrogen (secondary N) is 1. The van der Waals surface area contributed by atoms with E-state index < -0.39 is 35.8 Å². The summed E-state index contributed by atoms with van der Waals surface area (Å²) in [6.07, 6.45) is -3.08. The molecular formula is C30H37F6N3O2. The van der Waals surface area contributed by atoms with E-state index in [0.29, 0.717) is 23.9 Å². The number of ether oxygens (including phenoxy) is 1. The molecule has 0 aromatic heterocycles. The van der Waals surface area contributed by atoms with Crippen molar-refractivity contribution in [1.82, 2.24) is 15.1 Å². The van der Waals surface area contributed by atoms with E-state index in [1.165, 1.54) is 38.5 Å². The number of carbonyl (C=O) groups excluding carboxylic acids is 1. The van der Waals surface area contributed by atoms with Gasteiger partial charge in [0.15, 0.2) is 0 Å². The van der Waals surface area contributed by atoms with Crippen LogP contribution >= 0.6 is 0 Å². The maximum Gasteiger partial charge on any atom is 0.416 e. The highest BCUT2D eigenvalue weighted by molar-refractivity contribution is 5.78. The Balaban J connectivity index is 1.47. The molecule has 1 atom stereocenters. The maximum absolute atomic E-state index is 13.3. The van der Waals surface area contributed by atoms with Gasteiger partial charge in [-0.2, -0.15) is 26.3 Å². The van der Waals surface area contributed by atoms with Crippen LogP contribution in [0.4, 0.5) is 26.3 Å². The predicted molar refractivity (Wildman–Crippen MR) is 144 cm³/mol. The lowest BCUT2D eigenvalue weighted by Crippen LogP contribution is -2.52. The number of rotatable bonds is 8. The van der Waals surface area contributed by atoms with Crippen molar-refractivity contribution in [1.29, 1.82) is 0 Å². The molecule has 1 unspecified atom stereocenters. The second kappa shape index (κ2) is 13.5. The van der Waals surface area contributed by atoms with E-state index in [4.69, 9.17) is 4.74 Å². The zero-order valence-electron chi connectivity index (χ0n) is 23.2. The van der Waals surface area contributed by atoms with Crippen LogP contribution in [0, 0.1) is 0 Å². The summed E-state index contributed by atoms with van der Waals surface area (Å²) in [5, 5.41) is 2.77. The Morgan fingerprint density at radius 2 is 1.49 bits per heavy atom. The van der Waals surface area contributed by atoms with Gasteiger partial charge in [0.25, 0.3) is 0 Å². The number of hydrogen-bond donors (Lipinski definition) is 1. The van der Waals surface area contributed by atoms with Gasteiger partial charge in [-0.15, -0.1) is 0 Å². The normalized spacial score (nSPS) is 19.0. The topological polar surface area (TPSA) is 44.8 Å². The Morgan fingerprint density at radius 3 is 2.05 bits per heavy atom. The van der Waals surface area contributed by atoms with Crippen LogP contribution in [0.25, 0.3) is 0 Å². The molecule has 226 valence electrons. The number of benzene rings is 2. The Hall–Kier alpha value is -2.79. The van der Waals surface area contributed by atoms with Crippen molar-refractivity contribution in [3.8, 4) is 5.75 Å². The Morgan fingerprint density at radius 1 is 0.902 bits per heavy atom. The third-order valence-electron chi connectivity index (χ3n) is 8.13. The molecule has 1 saturated carbocycles. The summed E-state index contributed by atoms with van der Waals surface area (Å²) in [6.45, 7) is 3.42. The lowest BCUT2D eigenvalue weighted by Gasteiger charge is -2.42. The van der Waals surface area contributed by atoms with Crippen LogP contribution in [0.2, 0.25) is 0 Å². The first kappa shape index (κ1) is 31.2. The fourth-order valence-corrected chi connectivity index (χ4v) is 5.99. The maximum atomic E-state index is 13.3. The summed E-state index contributed by atoms with van der Waals surface area (Å²) in [4.78, 5) is 17.7. The smallest absolute Gasteiger partial charge is 0.416 e. The molecule has 0 spiro atoms. The largest absolute Gasteiger partial charge is 0.496 e. The molecule has 1 aliphatic carbocycles. The fourth-order valence-electron chi connectivity index (χ4n) is 5.99. The van der Waals surface area contributed by atoms with Gasteiger partial charge < -0.3 is 10.1 Å². The third kappa shape index (κ3) is 8.38. The standard InChI is InChI=1S/C30H37F6N3O2/c1-41-27-11-7-6-10-25(27)26(39-14-12-38(13-15-39)24-8-4-2-3-5-9-24)20-37-28(40)18-21-16-22(29(31,32)33)19-23(17-21)30(34,35)36/h6-7,10-11,16-17,19,24,26H,2-5,8-9,12-15,18,20H2,1H3,(H,37,40). The number of methoxy groups -OCH3 is 1. The van der Waals surface area contributed by atoms with Crippen molar-refractivity contribution in [2.45, 2.75) is 69.4 Å². The van der Waals surface area contributed by atoms with E-state index in [1.807, 2.05) is 24.3 Å². The lowest BCUT2D eigenvalue weighted by atomic mass is 10.0. The molecule has 41 heavy (non-hydrogen) atoms. The lowest BCUT2D eigenvalue weighted by molar-refractivity contribution is -0.143. The number of amides is 1. The van der Waals surface area contributed by atoms with Crippen LogP contribution in [-0.4, -0.2) is 61.6 Å². The van der Waals surface area contributed by atoms with E-state index in [0.717, 1.165) is 31.7 Å². The van der Waals surface area contributed by atoms with Gasteiger partial charge in [-0.3, -0.25) is 14.6 Å². The summed E-state index contributed by atoms with van der Waals surface area (Å²) in [5.74, 6) is -0.0138. The third-order valence-corrected chi connectivity index (χ3v) is 8.13. The van der Waals surface area contributed by atoms with Crippen molar-refractivity contribution in [3.63, 3.8) is 0 Å². The van der Waals surface area contributed by atoms with Crippen LogP contribution in [0.1, 0.15) is 66.8 Å². The second-order valence-corrected chi connectivity index (χ2v) is 10.9. The summed E-state index contributed by atoms with van der Waals surface area (Å²) in [5.41, 5.74) is -2.37. The second-order valence-electron chi connectivity index (χ2n) is 10.9. The van der Waals surface area contributed by atoms with Crippen LogP contribution in [-0.2, 0) is 23.6 Å². The SMILES string of the molecule is COc1ccccc1C(CNC(=O)Cc1cc(C(F)(F)F)cc(C(F)(F)F)c1)N1CCN(C2CCCCCC2)CC1. The number of hydrogen-bond acceptors (Lipinski definition) is 4. The minimum Gasteiger partial charge on any atom is -0.496 e. The van der Waals surface area contributed by atoms with Gasteiger partial charge >= 0.3 is 12.4 Å². The first-order valence-corrected chi connectivity index (χ1v) is 14.1. The van der Waals surface area contributed by atoms with Crippen molar-refractivity contribution in [3.05, 3.63) is 64.7 Å². The van der Waals surface area contributed by atoms with Crippen LogP contribution in [0.15, 0.2) is 42.5 Å². The Bertz CT molecular complexity index is 1120. The molecule has 4 rings (SSSR count). The van der Waals surface area contributed by atoms with Crippen molar-refractivity contribution >= 4 is 5.91 Å². The minimum absolute atomic E-state index is 0.0633. The fraction of sp³-hybridized carbons (Fsp3) is 0.567. The Labute approximate surface area is 236 Å². The number of nitrogens with zero attached hydrogens (tertiary/aromatic N) is 2. The molecule has 5 nitrogen and oxygen atoms in total. The average Bonchev–Trinajstić information content (AvgIpc) is 3.22. The quantitative estimate of drug-likeness (QED) is 0.285. The van der Waals surface area contributed by atoms with E-state index in [1.54, 1.807) is 7.11 Å². The molecule has 1 amide bonds. The summed E-state index contributed by atoms with van der Waals surface area (Å²) in [6, 6.07) is 9.01. The first-order valence-electron chi connectivity index (χ1n) is 14.1. The summed E-state index contributed by atoms with van der Waals surface area (Å²) >= 11 is 0. The number of piperazine rings is 1. The van der Waals surface area contributed by atoms with Crippen LogP contribution in [0.3, 0.4) is 0 Å². The van der Waals surface area contributed by atoms with Gasteiger partial charge in [-0.25, -0.2) is 0 Å². The van der Waals surface area contributed by atoms with Crippen LogP contribution < -0.4 is 10.1 Å². The van der Waals surface area contributed by atoms with Gasteiger partial charge in [-0.1, -0.05) is 43.9 Å². The van der Waals surface area contributed by atoms with E-state index in [-0.39, 0.29) is 24.2 Å². The molecule has 1 saturated heterocycles. The van der Waals surface area contributed by atoms with Crippen molar-refractivity contribution in [2.24, 2.45) is 0 Å². The van der Waals surface area contributed by atoms with Crippen LogP contribution in [0.5, 0.6) is 5.75 Å². The highest BCUT2D eigenvalue weighted by Gasteiger charge is 2.37. The van der Waals surface area contributed by atoms with Gasteiger partial charge in [-0.05, 0) is 42.7 Å². The predicted octanol–water partition coefficient (Wildman–Crippen LogP) is 6.47. The zero-order chi connectivity index (χ0) is 29.6. The highest BCUT2D eigenvalue weighted by Crippen LogP contribution is 2.36. The molecule has 11 heteroatoms. The molecule has 1 N–H and O–H groups in total. The number of alkyl halides is 6. The van der Waals surface area contributed by atoms with Crippen molar-refractivity contribution in [2.75, 3.05) is 39.8 Å². The monoisotopic (exact) mass is 585 g/mol. The number of carbonyl (C=O) groups is 1.